The Labute approximate surface area is 511 Å². The lowest BCUT2D eigenvalue weighted by Crippen LogP contribution is -2.55. The molecule has 0 spiro atoms. The number of piperazine rings is 3. The van der Waals surface area contributed by atoms with Gasteiger partial charge in [-0.25, -0.2) is 44.3 Å². The number of pyridine rings is 3. The third-order valence-electron chi connectivity index (χ3n) is 14.3. The minimum Gasteiger partial charge on any atom is -0.352 e. The first kappa shape index (κ1) is 61.2. The second-order valence-electron chi connectivity index (χ2n) is 20.4. The van der Waals surface area contributed by atoms with Gasteiger partial charge in [-0.3, -0.25) is 16.0 Å². The first-order valence-corrected chi connectivity index (χ1v) is 30.2. The molecule has 9 aromatic rings. The number of urea groups is 3. The van der Waals surface area contributed by atoms with Crippen LogP contribution in [0.15, 0.2) is 116 Å². The minimum atomic E-state index is -4.49. The number of fused-ring (bicyclic) bond motifs is 3. The number of nitrogens with zero attached hydrogens (tertiary/aromatic N) is 12. The van der Waals surface area contributed by atoms with Crippen molar-refractivity contribution < 1.29 is 40.7 Å². The predicted molar refractivity (Wildman–Crippen MR) is 329 cm³/mol. The molecule has 0 saturated carbocycles. The van der Waals surface area contributed by atoms with Gasteiger partial charge in [-0.2, -0.15) is 26.3 Å². The summed E-state index contributed by atoms with van der Waals surface area (Å²) < 4.78 is 82.8. The van der Waals surface area contributed by atoms with Gasteiger partial charge < -0.3 is 29.4 Å². The van der Waals surface area contributed by atoms with Crippen molar-refractivity contribution in [2.75, 3.05) is 89.6 Å². The van der Waals surface area contributed by atoms with Gasteiger partial charge in [0.1, 0.15) is 17.5 Å². The first-order valence-electron chi connectivity index (χ1n) is 27.0. The van der Waals surface area contributed by atoms with Crippen LogP contribution in [0.5, 0.6) is 0 Å². The molecule has 9 heterocycles. The fourth-order valence-electron chi connectivity index (χ4n) is 10.2. The SMILES string of the molecule is C[C@@H]1CN(c2ncccc2C(F)(F)F)CCN1C(=O)Nc1nc2ccc(Cl)cc2s1.C[C@@H]1CN(c2ncccc2Cl)CCN1C(=O)Nc1nc2ccccc2s1.Cc1ccc2nc(NC(=O)N3CCN(c4ncccc4C(F)(F)F)C[C@H]3C)sc2c1. The summed E-state index contributed by atoms with van der Waals surface area (Å²) in [4.78, 5) is 74.0. The molecule has 0 radical (unpaired) electrons. The Hall–Kier alpha value is -7.85. The molecule has 6 amide bonds. The zero-order chi connectivity index (χ0) is 61.0. The maximum atomic E-state index is 13.3. The number of amides is 6. The predicted octanol–water partition coefficient (Wildman–Crippen LogP) is 14.0. The number of thiazole rings is 3. The molecule has 3 fully saturated rings. The fraction of sp³-hybridized carbons (Fsp3) is 0.316. The second kappa shape index (κ2) is 26.0. The van der Waals surface area contributed by atoms with Crippen LogP contribution >= 0.6 is 57.2 Å². The van der Waals surface area contributed by atoms with Gasteiger partial charge in [-0.1, -0.05) is 75.4 Å². The summed E-state index contributed by atoms with van der Waals surface area (Å²) in [5, 5.41) is 11.3. The highest BCUT2D eigenvalue weighted by Gasteiger charge is 2.40. The number of nitrogens with one attached hydrogen (secondary N) is 3. The normalized spacial score (nSPS) is 17.5. The first-order chi connectivity index (χ1) is 41.1. The summed E-state index contributed by atoms with van der Waals surface area (Å²) in [6, 6.07) is 25.9. The van der Waals surface area contributed by atoms with E-state index in [4.69, 9.17) is 23.2 Å². The zero-order valence-corrected chi connectivity index (χ0v) is 50.4. The van der Waals surface area contributed by atoms with Gasteiger partial charge in [0, 0.05) is 101 Å². The standard InChI is InChI=1S/C20H20F3N5OS.C19H17ClF3N5OS.C18H18ClN5OS/c1-12-5-6-15-16(10-12)30-18(25-15)26-19(29)28-9-8-27(11-13(28)2)17-14(20(21,22)23)4-3-7-24-17;1-11-10-27(16-13(19(21,22)23)3-2-6-24-16)7-8-28(11)18(29)26-17-25-14-5-4-12(20)9-15(14)30-17;1-12-11-23(16-13(19)5-4-8-20-16)9-10-24(12)18(25)22-17-21-14-6-2-3-7-15(14)26-17/h3-7,10,13H,8-9,11H2,1-2H3,(H,25,26,29);2-6,9,11H,7-8,10H2,1H3,(H,25,26,29);2-8,12H,9-11H2,1H3,(H,21,22,25)/t13-;11-;12-/m111/s1. The molecule has 12 rings (SSSR count). The van der Waals surface area contributed by atoms with Crippen LogP contribution in [0.2, 0.25) is 10.0 Å². The van der Waals surface area contributed by atoms with Gasteiger partial charge in [0.15, 0.2) is 15.4 Å². The van der Waals surface area contributed by atoms with Crippen LogP contribution in [0.25, 0.3) is 30.6 Å². The summed E-state index contributed by atoms with van der Waals surface area (Å²) >= 11 is 16.4. The van der Waals surface area contributed by atoms with E-state index in [9.17, 15) is 40.7 Å². The van der Waals surface area contributed by atoms with Crippen molar-refractivity contribution in [3.05, 3.63) is 142 Å². The Morgan fingerprint density at radius 2 is 0.884 bits per heavy atom. The Bertz CT molecular complexity index is 3710. The van der Waals surface area contributed by atoms with Crippen molar-refractivity contribution in [3.8, 4) is 0 Å². The largest absolute Gasteiger partial charge is 0.419 e. The number of aryl methyl sites for hydroxylation is 1. The van der Waals surface area contributed by atoms with Gasteiger partial charge in [0.05, 0.1) is 46.8 Å². The van der Waals surface area contributed by atoms with Crippen LogP contribution in [0.1, 0.15) is 37.5 Å². The number of carbonyl (C=O) groups excluding carboxylic acids is 3. The average molecular weight is 1280 g/mol. The van der Waals surface area contributed by atoms with Gasteiger partial charge in [-0.15, -0.1) is 0 Å². The highest BCUT2D eigenvalue weighted by molar-refractivity contribution is 7.23. The Balaban J connectivity index is 0.000000144. The van der Waals surface area contributed by atoms with Crippen LogP contribution in [0, 0.1) is 6.92 Å². The molecule has 18 nitrogen and oxygen atoms in total. The van der Waals surface area contributed by atoms with Crippen LogP contribution in [-0.4, -0.2) is 140 Å². The van der Waals surface area contributed by atoms with Gasteiger partial charge in [0.25, 0.3) is 0 Å². The molecule has 3 aliphatic heterocycles. The smallest absolute Gasteiger partial charge is 0.352 e. The molecule has 0 unspecified atom stereocenters. The monoisotopic (exact) mass is 1280 g/mol. The number of halogens is 8. The lowest BCUT2D eigenvalue weighted by Gasteiger charge is -2.40. The van der Waals surface area contributed by atoms with E-state index in [1.54, 1.807) is 50.9 Å². The van der Waals surface area contributed by atoms with Crippen molar-refractivity contribution in [1.29, 1.82) is 0 Å². The molecule has 3 N–H and O–H groups in total. The maximum Gasteiger partial charge on any atom is 0.419 e. The highest BCUT2D eigenvalue weighted by atomic mass is 35.5. The lowest BCUT2D eigenvalue weighted by atomic mass is 10.1. The summed E-state index contributed by atoms with van der Waals surface area (Å²) in [6.45, 7) is 11.1. The molecule has 0 aliphatic carbocycles. The highest BCUT2D eigenvalue weighted by Crippen LogP contribution is 2.38. The molecule has 450 valence electrons. The van der Waals surface area contributed by atoms with Crippen molar-refractivity contribution in [1.82, 2.24) is 44.6 Å². The molecule has 3 aromatic carbocycles. The van der Waals surface area contributed by atoms with E-state index in [-0.39, 0.29) is 87.1 Å². The van der Waals surface area contributed by atoms with Gasteiger partial charge in [0.2, 0.25) is 0 Å². The van der Waals surface area contributed by atoms with Crippen molar-refractivity contribution in [3.63, 3.8) is 0 Å². The summed E-state index contributed by atoms with van der Waals surface area (Å²) in [5.74, 6) is 0.561. The van der Waals surface area contributed by atoms with Crippen LogP contribution in [0.4, 0.5) is 73.6 Å². The number of alkyl halides is 6. The fourth-order valence-corrected chi connectivity index (χ4v) is 13.3. The maximum absolute atomic E-state index is 13.3. The summed E-state index contributed by atoms with van der Waals surface area (Å²) in [5.41, 5.74) is 2.01. The lowest BCUT2D eigenvalue weighted by molar-refractivity contribution is -0.138. The molecule has 0 bridgehead atoms. The van der Waals surface area contributed by atoms with Crippen molar-refractivity contribution >= 4 is 139 Å². The van der Waals surface area contributed by atoms with Crippen molar-refractivity contribution in [2.24, 2.45) is 0 Å². The summed E-state index contributed by atoms with van der Waals surface area (Å²) in [7, 11) is 0. The molecule has 3 aliphatic rings. The van der Waals surface area contributed by atoms with Gasteiger partial charge in [-0.05, 0) is 112 Å². The van der Waals surface area contributed by atoms with Crippen molar-refractivity contribution in [2.45, 2.75) is 58.2 Å². The third kappa shape index (κ3) is 14.3. The van der Waals surface area contributed by atoms with E-state index in [0.717, 1.165) is 54.2 Å². The number of rotatable bonds is 6. The Kier molecular flexibility index (Phi) is 18.5. The molecule has 3 saturated heterocycles. The molecule has 3 atom stereocenters. The Morgan fingerprint density at radius 3 is 1.33 bits per heavy atom. The van der Waals surface area contributed by atoms with Crippen LogP contribution in [-0.2, 0) is 12.4 Å². The topological polar surface area (TPSA) is 184 Å². The van der Waals surface area contributed by atoms with Crippen LogP contribution in [0.3, 0.4) is 0 Å². The van der Waals surface area contributed by atoms with E-state index in [2.05, 4.69) is 50.8 Å². The molecular weight excluding hydrogens is 1220 g/mol. The molecule has 86 heavy (non-hydrogen) atoms. The summed E-state index contributed by atoms with van der Waals surface area (Å²) in [6.07, 6.45) is -4.54. The number of anilines is 6. The second-order valence-corrected chi connectivity index (χ2v) is 24.4. The number of carbonyl (C=O) groups is 3. The number of aromatic nitrogens is 6. The minimum absolute atomic E-state index is 0.0381. The quantitative estimate of drug-likeness (QED) is 0.134. The van der Waals surface area contributed by atoms with Gasteiger partial charge >= 0.3 is 30.4 Å². The van der Waals surface area contributed by atoms with E-state index in [1.807, 2.05) is 80.3 Å². The average Bonchev–Trinajstić information content (AvgIpc) is 2.63. The molecule has 6 aromatic heterocycles. The van der Waals surface area contributed by atoms with E-state index < -0.39 is 23.5 Å². The van der Waals surface area contributed by atoms with E-state index in [0.29, 0.717) is 45.1 Å². The number of para-hydroxylation sites is 1. The number of benzene rings is 3. The number of hydrogen-bond acceptors (Lipinski definition) is 15. The molecular formula is C57H55Cl2F6N15O3S3. The van der Waals surface area contributed by atoms with E-state index >= 15 is 0 Å². The van der Waals surface area contributed by atoms with Crippen LogP contribution < -0.4 is 30.7 Å². The number of hydrogen-bond donors (Lipinski definition) is 3. The molecule has 29 heteroatoms. The Morgan fingerprint density at radius 1 is 0.488 bits per heavy atom. The third-order valence-corrected chi connectivity index (χ3v) is 17.7. The van der Waals surface area contributed by atoms with E-state index in [1.165, 1.54) is 58.5 Å². The zero-order valence-electron chi connectivity index (χ0n) is 46.4.